The maximum absolute atomic E-state index is 13.0. The fourth-order valence-electron chi connectivity index (χ4n) is 1.89. The number of halogens is 1. The number of aromatic nitrogens is 3. The first-order valence-corrected chi connectivity index (χ1v) is 7.75. The zero-order valence-corrected chi connectivity index (χ0v) is 13.3. The smallest absolute Gasteiger partial charge is 0.270 e. The third-order valence-electron chi connectivity index (χ3n) is 3.09. The van der Waals surface area contributed by atoms with Gasteiger partial charge in [-0.15, -0.1) is 0 Å². The van der Waals surface area contributed by atoms with Gasteiger partial charge in [-0.1, -0.05) is 23.4 Å². The highest BCUT2D eigenvalue weighted by atomic mass is 32.1. The summed E-state index contributed by atoms with van der Waals surface area (Å²) < 4.78 is 18.2. The molecule has 0 unspecified atom stereocenters. The van der Waals surface area contributed by atoms with Crippen molar-refractivity contribution < 1.29 is 13.7 Å². The molecule has 0 atom stereocenters. The van der Waals surface area contributed by atoms with Crippen LogP contribution in [-0.2, 0) is 4.79 Å². The Morgan fingerprint density at radius 2 is 2.04 bits per heavy atom. The average molecular weight is 332 g/mol. The molecule has 1 N–H and O–H groups in total. The lowest BCUT2D eigenvalue weighted by atomic mass is 10.2. The number of carbonyl (C=O) groups is 1. The third kappa shape index (κ3) is 3.26. The SMILES string of the molecule is CCC(=O)Nc1nc(C)c(-c2nc(-c3ccc(F)cc3)no2)s1. The monoisotopic (exact) mass is 332 g/mol. The first-order valence-electron chi connectivity index (χ1n) is 6.94. The summed E-state index contributed by atoms with van der Waals surface area (Å²) >= 11 is 1.27. The maximum Gasteiger partial charge on any atom is 0.270 e. The summed E-state index contributed by atoms with van der Waals surface area (Å²) in [6.45, 7) is 3.57. The number of nitrogens with one attached hydrogen (secondary N) is 1. The second-order valence-corrected chi connectivity index (χ2v) is 5.76. The molecule has 0 saturated heterocycles. The van der Waals surface area contributed by atoms with Crippen molar-refractivity contribution in [1.29, 1.82) is 0 Å². The van der Waals surface area contributed by atoms with E-state index in [4.69, 9.17) is 4.52 Å². The molecule has 0 aliphatic rings. The fourth-order valence-corrected chi connectivity index (χ4v) is 2.79. The van der Waals surface area contributed by atoms with Crippen molar-refractivity contribution in [3.8, 4) is 22.2 Å². The van der Waals surface area contributed by atoms with E-state index in [0.29, 0.717) is 39.4 Å². The van der Waals surface area contributed by atoms with Crippen LogP contribution in [0.2, 0.25) is 0 Å². The van der Waals surface area contributed by atoms with Gasteiger partial charge in [0.05, 0.1) is 5.69 Å². The number of anilines is 1. The van der Waals surface area contributed by atoms with Crippen molar-refractivity contribution in [3.05, 3.63) is 35.8 Å². The molecule has 3 rings (SSSR count). The Morgan fingerprint density at radius 1 is 1.30 bits per heavy atom. The lowest BCUT2D eigenvalue weighted by Gasteiger charge is -1.95. The summed E-state index contributed by atoms with van der Waals surface area (Å²) in [7, 11) is 0. The Bertz CT molecular complexity index is 842. The van der Waals surface area contributed by atoms with E-state index in [9.17, 15) is 9.18 Å². The molecule has 0 bridgehead atoms. The van der Waals surface area contributed by atoms with Gasteiger partial charge in [0.1, 0.15) is 10.7 Å². The van der Waals surface area contributed by atoms with E-state index in [1.807, 2.05) is 0 Å². The van der Waals surface area contributed by atoms with Crippen molar-refractivity contribution in [1.82, 2.24) is 15.1 Å². The Balaban J connectivity index is 1.88. The van der Waals surface area contributed by atoms with Gasteiger partial charge in [-0.05, 0) is 31.2 Å². The molecule has 8 heteroatoms. The van der Waals surface area contributed by atoms with Gasteiger partial charge in [0.25, 0.3) is 5.89 Å². The Hall–Kier alpha value is -2.61. The predicted molar refractivity (Wildman–Crippen MR) is 84.5 cm³/mol. The molecule has 2 aromatic heterocycles. The van der Waals surface area contributed by atoms with Crippen LogP contribution in [0.3, 0.4) is 0 Å². The highest BCUT2D eigenvalue weighted by Crippen LogP contribution is 2.32. The molecular formula is C15H13FN4O2S. The van der Waals surface area contributed by atoms with Crippen molar-refractivity contribution in [2.45, 2.75) is 20.3 Å². The molecule has 0 fully saturated rings. The normalized spacial score (nSPS) is 10.7. The van der Waals surface area contributed by atoms with Gasteiger partial charge < -0.3 is 9.84 Å². The van der Waals surface area contributed by atoms with E-state index in [1.54, 1.807) is 26.0 Å². The summed E-state index contributed by atoms with van der Waals surface area (Å²) in [6, 6.07) is 5.83. The minimum atomic E-state index is -0.327. The van der Waals surface area contributed by atoms with Crippen LogP contribution in [0.4, 0.5) is 9.52 Å². The minimum absolute atomic E-state index is 0.108. The molecule has 0 radical (unpaired) electrons. The van der Waals surface area contributed by atoms with Crippen LogP contribution >= 0.6 is 11.3 Å². The third-order valence-corrected chi connectivity index (χ3v) is 4.15. The first-order chi connectivity index (χ1) is 11.1. The molecule has 0 aliphatic carbocycles. The zero-order chi connectivity index (χ0) is 16.4. The summed E-state index contributed by atoms with van der Waals surface area (Å²) in [5, 5.41) is 7.10. The predicted octanol–water partition coefficient (Wildman–Crippen LogP) is 3.66. The van der Waals surface area contributed by atoms with Crippen LogP contribution in [0, 0.1) is 12.7 Å². The highest BCUT2D eigenvalue weighted by Gasteiger charge is 2.18. The van der Waals surface area contributed by atoms with E-state index in [2.05, 4.69) is 20.4 Å². The Kier molecular flexibility index (Phi) is 4.16. The van der Waals surface area contributed by atoms with E-state index < -0.39 is 0 Å². The molecule has 3 aromatic rings. The van der Waals surface area contributed by atoms with E-state index >= 15 is 0 Å². The minimum Gasteiger partial charge on any atom is -0.333 e. The number of amides is 1. The van der Waals surface area contributed by atoms with Crippen LogP contribution in [0.15, 0.2) is 28.8 Å². The van der Waals surface area contributed by atoms with Gasteiger partial charge >= 0.3 is 0 Å². The van der Waals surface area contributed by atoms with Crippen LogP contribution in [-0.4, -0.2) is 21.0 Å². The standard InChI is InChI=1S/C15H13FN4O2S/c1-3-11(21)18-15-17-8(2)12(23-15)14-19-13(20-22-14)9-4-6-10(16)7-5-9/h4-7H,3H2,1-2H3,(H,17,18,21). The topological polar surface area (TPSA) is 80.9 Å². The van der Waals surface area contributed by atoms with Crippen LogP contribution in [0.1, 0.15) is 19.0 Å². The molecule has 1 amide bonds. The number of hydrogen-bond acceptors (Lipinski definition) is 6. The Morgan fingerprint density at radius 3 is 2.74 bits per heavy atom. The molecule has 23 heavy (non-hydrogen) atoms. The lowest BCUT2D eigenvalue weighted by Crippen LogP contribution is -2.08. The second-order valence-electron chi connectivity index (χ2n) is 4.77. The van der Waals surface area contributed by atoms with Gasteiger partial charge in [0, 0.05) is 12.0 Å². The van der Waals surface area contributed by atoms with E-state index in [0.717, 1.165) is 0 Å². The number of nitrogens with zero attached hydrogens (tertiary/aromatic N) is 3. The molecule has 2 heterocycles. The summed E-state index contributed by atoms with van der Waals surface area (Å²) in [6.07, 6.45) is 0.378. The van der Waals surface area contributed by atoms with Gasteiger partial charge in [-0.2, -0.15) is 4.98 Å². The zero-order valence-electron chi connectivity index (χ0n) is 12.5. The average Bonchev–Trinajstić information content (AvgIpc) is 3.14. The number of thiazole rings is 1. The van der Waals surface area contributed by atoms with Crippen molar-refractivity contribution >= 4 is 22.4 Å². The van der Waals surface area contributed by atoms with Crippen molar-refractivity contribution in [2.24, 2.45) is 0 Å². The molecule has 0 aliphatic heterocycles. The van der Waals surface area contributed by atoms with Crippen LogP contribution in [0.5, 0.6) is 0 Å². The number of rotatable bonds is 4. The number of aryl methyl sites for hydroxylation is 1. The van der Waals surface area contributed by atoms with E-state index in [-0.39, 0.29) is 11.7 Å². The van der Waals surface area contributed by atoms with Crippen molar-refractivity contribution in [2.75, 3.05) is 5.32 Å². The molecule has 0 spiro atoms. The number of hydrogen-bond donors (Lipinski definition) is 1. The summed E-state index contributed by atoms with van der Waals surface area (Å²) in [4.78, 5) is 20.7. The molecule has 1 aromatic carbocycles. The number of benzene rings is 1. The van der Waals surface area contributed by atoms with E-state index in [1.165, 1.54) is 23.5 Å². The highest BCUT2D eigenvalue weighted by molar-refractivity contribution is 7.19. The first kappa shape index (κ1) is 15.3. The van der Waals surface area contributed by atoms with Crippen LogP contribution in [0.25, 0.3) is 22.2 Å². The molecular weight excluding hydrogens is 319 g/mol. The largest absolute Gasteiger partial charge is 0.333 e. The fraction of sp³-hybridized carbons (Fsp3) is 0.200. The Labute approximate surface area is 135 Å². The summed E-state index contributed by atoms with van der Waals surface area (Å²) in [5.74, 6) is 0.248. The lowest BCUT2D eigenvalue weighted by molar-refractivity contribution is -0.115. The second kappa shape index (κ2) is 6.25. The van der Waals surface area contributed by atoms with Gasteiger partial charge in [0.2, 0.25) is 11.7 Å². The summed E-state index contributed by atoms with van der Waals surface area (Å²) in [5.41, 5.74) is 1.35. The van der Waals surface area contributed by atoms with Crippen LogP contribution < -0.4 is 5.32 Å². The van der Waals surface area contributed by atoms with Gasteiger partial charge in [-0.25, -0.2) is 9.37 Å². The number of carbonyl (C=O) groups excluding carboxylic acids is 1. The quantitative estimate of drug-likeness (QED) is 0.788. The molecule has 118 valence electrons. The maximum atomic E-state index is 13.0. The van der Waals surface area contributed by atoms with Gasteiger partial charge in [-0.3, -0.25) is 4.79 Å². The molecule has 6 nitrogen and oxygen atoms in total. The molecule has 0 saturated carbocycles. The van der Waals surface area contributed by atoms with Gasteiger partial charge in [0.15, 0.2) is 5.13 Å². The van der Waals surface area contributed by atoms with Crippen molar-refractivity contribution in [3.63, 3.8) is 0 Å².